The van der Waals surface area contributed by atoms with Crippen LogP contribution in [0.2, 0.25) is 0 Å². The van der Waals surface area contributed by atoms with Crippen molar-refractivity contribution < 1.29 is 4.79 Å². The maximum Gasteiger partial charge on any atom is 0.254 e. The van der Waals surface area contributed by atoms with Gasteiger partial charge < -0.3 is 10.6 Å². The molecule has 1 saturated heterocycles. The van der Waals surface area contributed by atoms with E-state index in [4.69, 9.17) is 5.73 Å². The lowest BCUT2D eigenvalue weighted by atomic mass is 9.96. The minimum Gasteiger partial charge on any atom is -0.334 e. The van der Waals surface area contributed by atoms with Crippen molar-refractivity contribution in [1.29, 1.82) is 0 Å². The molecule has 1 amide bonds. The molecule has 0 aliphatic carbocycles. The number of hydrogen-bond donors (Lipinski definition) is 1. The van der Waals surface area contributed by atoms with Gasteiger partial charge in [0.15, 0.2) is 0 Å². The zero-order chi connectivity index (χ0) is 15.5. The van der Waals surface area contributed by atoms with Gasteiger partial charge in [0.25, 0.3) is 5.91 Å². The summed E-state index contributed by atoms with van der Waals surface area (Å²) in [6.45, 7) is 2.77. The van der Waals surface area contributed by atoms with E-state index in [1.54, 1.807) is 17.2 Å². The summed E-state index contributed by atoms with van der Waals surface area (Å²) in [7, 11) is 0. The Kier molecular flexibility index (Phi) is 4.20. The highest BCUT2D eigenvalue weighted by atomic mass is 16.2. The molecule has 0 spiro atoms. The van der Waals surface area contributed by atoms with Gasteiger partial charge in [-0.3, -0.25) is 9.36 Å². The molecule has 1 aromatic carbocycles. The van der Waals surface area contributed by atoms with Gasteiger partial charge in [0, 0.05) is 29.9 Å². The van der Waals surface area contributed by atoms with Crippen molar-refractivity contribution in [2.24, 2.45) is 5.73 Å². The first-order valence-electron chi connectivity index (χ1n) is 7.68. The number of rotatable bonds is 3. The van der Waals surface area contributed by atoms with Crippen LogP contribution in [0.4, 0.5) is 0 Å². The first kappa shape index (κ1) is 14.7. The van der Waals surface area contributed by atoms with E-state index >= 15 is 0 Å². The van der Waals surface area contributed by atoms with Crippen molar-refractivity contribution in [2.45, 2.75) is 38.3 Å². The van der Waals surface area contributed by atoms with Gasteiger partial charge in [-0.15, -0.1) is 10.2 Å². The maximum atomic E-state index is 12.8. The molecule has 0 saturated carbocycles. The second kappa shape index (κ2) is 6.27. The molecule has 1 aromatic heterocycles. The number of nitrogens with zero attached hydrogens (tertiary/aromatic N) is 4. The molecular formula is C16H21N5O. The molecule has 0 unspecified atom stereocenters. The van der Waals surface area contributed by atoms with Gasteiger partial charge in [0.2, 0.25) is 0 Å². The highest BCUT2D eigenvalue weighted by Gasteiger charge is 2.29. The fourth-order valence-electron chi connectivity index (χ4n) is 3.03. The quantitative estimate of drug-likeness (QED) is 0.934. The smallest absolute Gasteiger partial charge is 0.254 e. The molecular weight excluding hydrogens is 278 g/mol. The predicted molar refractivity (Wildman–Crippen MR) is 83.7 cm³/mol. The highest BCUT2D eigenvalue weighted by molar-refractivity contribution is 5.94. The molecule has 2 atom stereocenters. The van der Waals surface area contributed by atoms with Gasteiger partial charge in [-0.1, -0.05) is 0 Å². The van der Waals surface area contributed by atoms with Crippen LogP contribution in [0.3, 0.4) is 0 Å². The molecule has 6 nitrogen and oxygen atoms in total. The summed E-state index contributed by atoms with van der Waals surface area (Å²) in [5, 5.41) is 7.57. The lowest BCUT2D eigenvalue weighted by Gasteiger charge is -2.38. The SMILES string of the molecule is C[C@H](N)[C@H]1CCCCN1C(=O)c1ccc(-n2cnnc2)cc1. The van der Waals surface area contributed by atoms with E-state index in [0.29, 0.717) is 5.56 Å². The second-order valence-corrected chi connectivity index (χ2v) is 5.84. The maximum absolute atomic E-state index is 12.8. The van der Waals surface area contributed by atoms with Crippen LogP contribution in [0.1, 0.15) is 36.5 Å². The topological polar surface area (TPSA) is 77.0 Å². The van der Waals surface area contributed by atoms with E-state index in [1.807, 2.05) is 36.1 Å². The first-order chi connectivity index (χ1) is 10.7. The van der Waals surface area contributed by atoms with Gasteiger partial charge in [-0.25, -0.2) is 0 Å². The van der Waals surface area contributed by atoms with Gasteiger partial charge in [-0.2, -0.15) is 0 Å². The monoisotopic (exact) mass is 299 g/mol. The number of piperidine rings is 1. The molecule has 6 heteroatoms. The zero-order valence-corrected chi connectivity index (χ0v) is 12.7. The van der Waals surface area contributed by atoms with E-state index < -0.39 is 0 Å². The number of benzene rings is 1. The lowest BCUT2D eigenvalue weighted by molar-refractivity contribution is 0.0584. The Balaban J connectivity index is 1.79. The Morgan fingerprint density at radius 2 is 1.91 bits per heavy atom. The van der Waals surface area contributed by atoms with E-state index in [0.717, 1.165) is 31.5 Å². The summed E-state index contributed by atoms with van der Waals surface area (Å²) < 4.78 is 1.81. The number of carbonyl (C=O) groups is 1. The molecule has 1 aliphatic rings. The largest absolute Gasteiger partial charge is 0.334 e. The Bertz CT molecular complexity index is 620. The fourth-order valence-corrected chi connectivity index (χ4v) is 3.03. The number of aromatic nitrogens is 3. The van der Waals surface area contributed by atoms with Crippen LogP contribution in [0.25, 0.3) is 5.69 Å². The van der Waals surface area contributed by atoms with Gasteiger partial charge in [0.05, 0.1) is 0 Å². The van der Waals surface area contributed by atoms with Crippen LogP contribution in [0.5, 0.6) is 0 Å². The molecule has 2 heterocycles. The average molecular weight is 299 g/mol. The predicted octanol–water partition coefficient (Wildman–Crippen LogP) is 1.61. The first-order valence-corrected chi connectivity index (χ1v) is 7.68. The zero-order valence-electron chi connectivity index (χ0n) is 12.7. The molecule has 1 aliphatic heterocycles. The van der Waals surface area contributed by atoms with Crippen molar-refractivity contribution in [2.75, 3.05) is 6.54 Å². The highest BCUT2D eigenvalue weighted by Crippen LogP contribution is 2.22. The summed E-state index contributed by atoms with van der Waals surface area (Å²) in [4.78, 5) is 14.7. The number of hydrogen-bond acceptors (Lipinski definition) is 4. The van der Waals surface area contributed by atoms with Crippen molar-refractivity contribution in [3.63, 3.8) is 0 Å². The van der Waals surface area contributed by atoms with E-state index in [9.17, 15) is 4.79 Å². The summed E-state index contributed by atoms with van der Waals surface area (Å²) >= 11 is 0. The van der Waals surface area contributed by atoms with E-state index in [-0.39, 0.29) is 18.0 Å². The Hall–Kier alpha value is -2.21. The van der Waals surface area contributed by atoms with Gasteiger partial charge >= 0.3 is 0 Å². The van der Waals surface area contributed by atoms with E-state index in [1.165, 1.54) is 0 Å². The molecule has 3 rings (SSSR count). The molecule has 2 aromatic rings. The summed E-state index contributed by atoms with van der Waals surface area (Å²) in [6.07, 6.45) is 6.44. The normalized spacial score (nSPS) is 19.9. The minimum absolute atomic E-state index is 0.000506. The molecule has 1 fully saturated rings. The molecule has 22 heavy (non-hydrogen) atoms. The Labute approximate surface area is 129 Å². The van der Waals surface area contributed by atoms with Crippen LogP contribution >= 0.6 is 0 Å². The number of carbonyl (C=O) groups excluding carboxylic acids is 1. The second-order valence-electron chi connectivity index (χ2n) is 5.84. The number of amides is 1. The van der Waals surface area contributed by atoms with Crippen LogP contribution in [0, 0.1) is 0 Å². The van der Waals surface area contributed by atoms with Crippen LogP contribution in [-0.4, -0.2) is 44.2 Å². The summed E-state index contributed by atoms with van der Waals surface area (Å²) in [5.41, 5.74) is 7.68. The van der Waals surface area contributed by atoms with Crippen LogP contribution in [-0.2, 0) is 0 Å². The molecule has 0 radical (unpaired) electrons. The van der Waals surface area contributed by atoms with Gasteiger partial charge in [0.1, 0.15) is 12.7 Å². The van der Waals surface area contributed by atoms with Gasteiger partial charge in [-0.05, 0) is 50.5 Å². The third-order valence-corrected chi connectivity index (χ3v) is 4.25. The van der Waals surface area contributed by atoms with Crippen LogP contribution in [0.15, 0.2) is 36.9 Å². The summed E-state index contributed by atoms with van der Waals surface area (Å²) in [5.74, 6) is 0.0670. The molecule has 0 bridgehead atoms. The van der Waals surface area contributed by atoms with Crippen molar-refractivity contribution >= 4 is 5.91 Å². The third-order valence-electron chi connectivity index (χ3n) is 4.25. The minimum atomic E-state index is 0.000506. The molecule has 116 valence electrons. The number of nitrogens with two attached hydrogens (primary N) is 1. The number of likely N-dealkylation sites (tertiary alicyclic amines) is 1. The van der Waals surface area contributed by atoms with Crippen molar-refractivity contribution in [3.8, 4) is 5.69 Å². The van der Waals surface area contributed by atoms with Crippen LogP contribution < -0.4 is 5.73 Å². The average Bonchev–Trinajstić information content (AvgIpc) is 3.09. The Morgan fingerprint density at radius 3 is 2.55 bits per heavy atom. The van der Waals surface area contributed by atoms with Crippen molar-refractivity contribution in [3.05, 3.63) is 42.5 Å². The van der Waals surface area contributed by atoms with E-state index in [2.05, 4.69) is 10.2 Å². The fraction of sp³-hybridized carbons (Fsp3) is 0.438. The summed E-state index contributed by atoms with van der Waals surface area (Å²) in [6, 6.07) is 7.65. The lowest BCUT2D eigenvalue weighted by Crippen LogP contribution is -2.51. The third kappa shape index (κ3) is 2.87. The standard InChI is InChI=1S/C16H21N5O/c1-12(17)15-4-2-3-9-21(15)16(22)13-5-7-14(8-6-13)20-10-18-19-11-20/h5-8,10-12,15H,2-4,9,17H2,1H3/t12-,15+/m0/s1. The Morgan fingerprint density at radius 1 is 1.23 bits per heavy atom. The molecule has 2 N–H and O–H groups in total. The van der Waals surface area contributed by atoms with Crippen molar-refractivity contribution in [1.82, 2.24) is 19.7 Å².